The molecule has 110 valence electrons. The van der Waals surface area contributed by atoms with Crippen LogP contribution in [-0.2, 0) is 11.3 Å². The summed E-state index contributed by atoms with van der Waals surface area (Å²) in [7, 11) is 1.82. The maximum Gasteiger partial charge on any atom is 0.223 e. The third-order valence-corrected chi connectivity index (χ3v) is 4.52. The van der Waals surface area contributed by atoms with Gasteiger partial charge in [0.2, 0.25) is 5.91 Å². The van der Waals surface area contributed by atoms with Crippen molar-refractivity contribution < 1.29 is 4.79 Å². The molecule has 1 heterocycles. The van der Waals surface area contributed by atoms with Gasteiger partial charge >= 0.3 is 0 Å². The number of nitrogens with zero attached hydrogens (tertiary/aromatic N) is 2. The Balaban J connectivity index is 1.78. The predicted molar refractivity (Wildman–Crippen MR) is 87.5 cm³/mol. The molecule has 1 aromatic carbocycles. The molecule has 0 saturated heterocycles. The normalized spacial score (nSPS) is 10.4. The zero-order valence-corrected chi connectivity index (χ0v) is 13.4. The Morgan fingerprint density at radius 2 is 1.95 bits per heavy atom. The highest BCUT2D eigenvalue weighted by Crippen LogP contribution is 2.27. The molecular weight excluding hydrogens is 304 g/mol. The minimum Gasteiger partial charge on any atom is -0.341 e. The van der Waals surface area contributed by atoms with Gasteiger partial charge in [0.15, 0.2) is 0 Å². The van der Waals surface area contributed by atoms with E-state index >= 15 is 0 Å². The van der Waals surface area contributed by atoms with Crippen LogP contribution in [0.25, 0.3) is 0 Å². The molecule has 5 heteroatoms. The molecule has 1 amide bonds. The molecule has 0 unspecified atom stereocenters. The Labute approximate surface area is 134 Å². The van der Waals surface area contributed by atoms with Crippen LogP contribution in [0.2, 0.25) is 5.02 Å². The number of aromatic nitrogens is 1. The van der Waals surface area contributed by atoms with Crippen LogP contribution in [0.3, 0.4) is 0 Å². The van der Waals surface area contributed by atoms with Gasteiger partial charge in [0.05, 0.1) is 5.02 Å². The number of halogens is 1. The van der Waals surface area contributed by atoms with Crippen molar-refractivity contribution in [2.45, 2.75) is 17.9 Å². The number of benzene rings is 1. The Hall–Kier alpha value is -1.52. The molecule has 2 rings (SSSR count). The van der Waals surface area contributed by atoms with Gasteiger partial charge in [-0.1, -0.05) is 23.7 Å². The monoisotopic (exact) mass is 320 g/mol. The van der Waals surface area contributed by atoms with Crippen LogP contribution < -0.4 is 0 Å². The Morgan fingerprint density at radius 1 is 1.24 bits per heavy atom. The van der Waals surface area contributed by atoms with Crippen molar-refractivity contribution in [3.8, 4) is 0 Å². The standard InChI is InChI=1S/C16H17ClN2OS/c1-19(12-13-6-9-18-10-7-13)16(20)8-11-21-15-5-3-2-4-14(15)17/h2-7,9-10H,8,11-12H2,1H3. The third-order valence-electron chi connectivity index (χ3n) is 3.00. The SMILES string of the molecule is CN(Cc1ccncc1)C(=O)CCSc1ccccc1Cl. The summed E-state index contributed by atoms with van der Waals surface area (Å²) in [5.41, 5.74) is 1.08. The van der Waals surface area contributed by atoms with Gasteiger partial charge in [0.25, 0.3) is 0 Å². The molecule has 0 atom stereocenters. The Bertz CT molecular complexity index is 592. The van der Waals surface area contributed by atoms with Gasteiger partial charge in [-0.3, -0.25) is 9.78 Å². The van der Waals surface area contributed by atoms with Crippen LogP contribution in [0, 0.1) is 0 Å². The summed E-state index contributed by atoms with van der Waals surface area (Å²) in [5, 5.41) is 0.736. The second-order valence-corrected chi connectivity index (χ2v) is 6.18. The van der Waals surface area contributed by atoms with Crippen molar-refractivity contribution in [1.29, 1.82) is 0 Å². The van der Waals surface area contributed by atoms with Gasteiger partial charge in [-0.25, -0.2) is 0 Å². The zero-order valence-electron chi connectivity index (χ0n) is 11.8. The highest BCUT2D eigenvalue weighted by Gasteiger charge is 2.09. The van der Waals surface area contributed by atoms with Crippen LogP contribution in [0.1, 0.15) is 12.0 Å². The quantitative estimate of drug-likeness (QED) is 0.757. The van der Waals surface area contributed by atoms with Gasteiger partial charge in [-0.15, -0.1) is 11.8 Å². The fourth-order valence-corrected chi connectivity index (χ4v) is 3.03. The number of thioether (sulfide) groups is 1. The van der Waals surface area contributed by atoms with E-state index in [-0.39, 0.29) is 5.91 Å². The van der Waals surface area contributed by atoms with Crippen LogP contribution >= 0.6 is 23.4 Å². The lowest BCUT2D eigenvalue weighted by molar-refractivity contribution is -0.129. The van der Waals surface area contributed by atoms with Crippen LogP contribution in [0.4, 0.5) is 0 Å². The van der Waals surface area contributed by atoms with Gasteiger partial charge < -0.3 is 4.90 Å². The highest BCUT2D eigenvalue weighted by atomic mass is 35.5. The van der Waals surface area contributed by atoms with E-state index in [1.165, 1.54) is 0 Å². The molecule has 0 N–H and O–H groups in total. The molecule has 0 bridgehead atoms. The molecular formula is C16H17ClN2OS. The maximum atomic E-state index is 12.1. The lowest BCUT2D eigenvalue weighted by Gasteiger charge is -2.17. The van der Waals surface area contributed by atoms with E-state index in [9.17, 15) is 4.79 Å². The lowest BCUT2D eigenvalue weighted by atomic mass is 10.2. The van der Waals surface area contributed by atoms with Gasteiger partial charge in [0, 0.05) is 43.1 Å². The summed E-state index contributed by atoms with van der Waals surface area (Å²) in [5.74, 6) is 0.856. The topological polar surface area (TPSA) is 33.2 Å². The molecule has 0 radical (unpaired) electrons. The molecule has 2 aromatic rings. The minimum absolute atomic E-state index is 0.131. The summed E-state index contributed by atoms with van der Waals surface area (Å²) in [6, 6.07) is 11.5. The fraction of sp³-hybridized carbons (Fsp3) is 0.250. The fourth-order valence-electron chi connectivity index (χ4n) is 1.85. The first-order chi connectivity index (χ1) is 10.2. The van der Waals surface area contributed by atoms with Crippen molar-refractivity contribution >= 4 is 29.3 Å². The van der Waals surface area contributed by atoms with E-state index in [4.69, 9.17) is 11.6 Å². The first-order valence-corrected chi connectivity index (χ1v) is 8.03. The maximum absolute atomic E-state index is 12.1. The summed E-state index contributed by atoms with van der Waals surface area (Å²) in [4.78, 5) is 18.8. The predicted octanol–water partition coefficient (Wildman–Crippen LogP) is 3.88. The van der Waals surface area contributed by atoms with E-state index in [0.717, 1.165) is 21.2 Å². The number of pyridine rings is 1. The van der Waals surface area contributed by atoms with Crippen molar-refractivity contribution in [1.82, 2.24) is 9.88 Å². The molecule has 1 aromatic heterocycles. The van der Waals surface area contributed by atoms with E-state index in [1.807, 2.05) is 43.4 Å². The second kappa shape index (κ2) is 8.05. The average Bonchev–Trinajstić information content (AvgIpc) is 2.50. The van der Waals surface area contributed by atoms with Crippen molar-refractivity contribution in [2.24, 2.45) is 0 Å². The number of hydrogen-bond donors (Lipinski definition) is 0. The number of rotatable bonds is 6. The second-order valence-electron chi connectivity index (χ2n) is 4.63. The van der Waals surface area contributed by atoms with Gasteiger partial charge in [0.1, 0.15) is 0 Å². The first-order valence-electron chi connectivity index (χ1n) is 6.67. The molecule has 0 fully saturated rings. The minimum atomic E-state index is 0.131. The molecule has 0 spiro atoms. The van der Waals surface area contributed by atoms with Gasteiger partial charge in [-0.2, -0.15) is 0 Å². The van der Waals surface area contributed by atoms with E-state index in [1.54, 1.807) is 29.1 Å². The molecule has 0 aliphatic rings. The first kappa shape index (κ1) is 15.9. The van der Waals surface area contributed by atoms with Crippen molar-refractivity contribution in [2.75, 3.05) is 12.8 Å². The number of amides is 1. The summed E-state index contributed by atoms with van der Waals surface area (Å²) < 4.78 is 0. The molecule has 0 saturated carbocycles. The van der Waals surface area contributed by atoms with Crippen LogP contribution in [0.15, 0.2) is 53.7 Å². The van der Waals surface area contributed by atoms with E-state index in [0.29, 0.717) is 13.0 Å². The summed E-state index contributed by atoms with van der Waals surface area (Å²) in [6.07, 6.45) is 3.97. The summed E-state index contributed by atoms with van der Waals surface area (Å²) in [6.45, 7) is 0.609. The Morgan fingerprint density at radius 3 is 2.67 bits per heavy atom. The van der Waals surface area contributed by atoms with Crippen molar-refractivity contribution in [3.63, 3.8) is 0 Å². The lowest BCUT2D eigenvalue weighted by Crippen LogP contribution is -2.26. The average molecular weight is 321 g/mol. The van der Waals surface area contributed by atoms with E-state index in [2.05, 4.69) is 4.98 Å². The number of carbonyl (C=O) groups is 1. The molecule has 21 heavy (non-hydrogen) atoms. The molecule has 3 nitrogen and oxygen atoms in total. The summed E-state index contributed by atoms with van der Waals surface area (Å²) >= 11 is 7.70. The zero-order chi connectivity index (χ0) is 15.1. The third kappa shape index (κ3) is 5.06. The van der Waals surface area contributed by atoms with E-state index < -0.39 is 0 Å². The van der Waals surface area contributed by atoms with Gasteiger partial charge in [-0.05, 0) is 29.8 Å². The van der Waals surface area contributed by atoms with Crippen LogP contribution in [0.5, 0.6) is 0 Å². The van der Waals surface area contributed by atoms with Crippen molar-refractivity contribution in [3.05, 3.63) is 59.4 Å². The smallest absolute Gasteiger partial charge is 0.223 e. The molecule has 0 aliphatic carbocycles. The molecule has 0 aliphatic heterocycles. The highest BCUT2D eigenvalue weighted by molar-refractivity contribution is 7.99. The Kier molecular flexibility index (Phi) is 6.08. The number of hydrogen-bond acceptors (Lipinski definition) is 3. The largest absolute Gasteiger partial charge is 0.341 e. The van der Waals surface area contributed by atoms with Crippen LogP contribution in [-0.4, -0.2) is 28.6 Å². The number of carbonyl (C=O) groups excluding carboxylic acids is 1.